The van der Waals surface area contributed by atoms with Gasteiger partial charge < -0.3 is 14.9 Å². The standard InChI is InChI=1S/C19H26FN3O2/c20-16-12-21-9-6-17(16)22-10-1-7-19(13-22)8-11-23(18(19)25)14-2-4-15(24)5-3-14/h6,9,12,14-15,24H,1-5,7-8,10-11,13H2/t14-,15-,19?. The van der Waals surface area contributed by atoms with E-state index in [-0.39, 0.29) is 29.3 Å². The number of hydrogen-bond donors (Lipinski definition) is 1. The maximum absolute atomic E-state index is 14.1. The lowest BCUT2D eigenvalue weighted by Crippen LogP contribution is -2.50. The average Bonchev–Trinajstić information content (AvgIpc) is 2.92. The molecule has 1 saturated carbocycles. The van der Waals surface area contributed by atoms with Gasteiger partial charge in [-0.3, -0.25) is 9.78 Å². The van der Waals surface area contributed by atoms with Crippen molar-refractivity contribution in [1.82, 2.24) is 9.88 Å². The number of carbonyl (C=O) groups excluding carboxylic acids is 1. The second-order valence-electron chi connectivity index (χ2n) is 7.84. The summed E-state index contributed by atoms with van der Waals surface area (Å²) < 4.78 is 14.1. The van der Waals surface area contributed by atoms with Crippen LogP contribution in [0.15, 0.2) is 18.5 Å². The first-order valence-electron chi connectivity index (χ1n) is 9.43. The molecule has 6 heteroatoms. The molecule has 1 aliphatic carbocycles. The van der Waals surface area contributed by atoms with Crippen LogP contribution in [0, 0.1) is 11.2 Å². The van der Waals surface area contributed by atoms with E-state index in [0.717, 1.165) is 58.0 Å². The van der Waals surface area contributed by atoms with Crippen molar-refractivity contribution in [3.8, 4) is 0 Å². The maximum atomic E-state index is 14.1. The second kappa shape index (κ2) is 6.56. The first-order chi connectivity index (χ1) is 12.1. The number of aliphatic hydroxyl groups excluding tert-OH is 1. The minimum Gasteiger partial charge on any atom is -0.393 e. The van der Waals surface area contributed by atoms with Crippen molar-refractivity contribution >= 4 is 11.6 Å². The fourth-order valence-electron chi connectivity index (χ4n) is 4.91. The third-order valence-electron chi connectivity index (χ3n) is 6.32. The van der Waals surface area contributed by atoms with E-state index in [1.54, 1.807) is 12.3 Å². The van der Waals surface area contributed by atoms with Crippen molar-refractivity contribution < 1.29 is 14.3 Å². The predicted molar refractivity (Wildman–Crippen MR) is 92.7 cm³/mol. The lowest BCUT2D eigenvalue weighted by molar-refractivity contribution is -0.139. The van der Waals surface area contributed by atoms with Crippen LogP contribution in [0.1, 0.15) is 44.9 Å². The van der Waals surface area contributed by atoms with Gasteiger partial charge in [0.25, 0.3) is 0 Å². The Morgan fingerprint density at radius 2 is 2.00 bits per heavy atom. The number of carbonyl (C=O) groups is 1. The van der Waals surface area contributed by atoms with Gasteiger partial charge in [-0.05, 0) is 51.0 Å². The van der Waals surface area contributed by atoms with E-state index in [9.17, 15) is 14.3 Å². The number of pyridine rings is 1. The summed E-state index contributed by atoms with van der Waals surface area (Å²) in [6, 6.07) is 1.97. The van der Waals surface area contributed by atoms with Crippen LogP contribution in [0.4, 0.5) is 10.1 Å². The van der Waals surface area contributed by atoms with Crippen LogP contribution in [-0.4, -0.2) is 52.7 Å². The summed E-state index contributed by atoms with van der Waals surface area (Å²) in [4.78, 5) is 21.2. The van der Waals surface area contributed by atoms with Crippen LogP contribution >= 0.6 is 0 Å². The fraction of sp³-hybridized carbons (Fsp3) is 0.684. The molecular formula is C19H26FN3O2. The summed E-state index contributed by atoms with van der Waals surface area (Å²) in [5.74, 6) is -0.0730. The first kappa shape index (κ1) is 16.8. The molecule has 1 aromatic rings. The number of aliphatic hydroxyl groups is 1. The summed E-state index contributed by atoms with van der Waals surface area (Å²) in [5, 5.41) is 9.71. The van der Waals surface area contributed by atoms with Gasteiger partial charge in [-0.25, -0.2) is 4.39 Å². The highest BCUT2D eigenvalue weighted by Gasteiger charge is 2.50. The quantitative estimate of drug-likeness (QED) is 0.892. The lowest BCUT2D eigenvalue weighted by atomic mass is 9.78. The molecule has 3 aliphatic rings. The van der Waals surface area contributed by atoms with Crippen LogP contribution in [0.25, 0.3) is 0 Å². The topological polar surface area (TPSA) is 56.7 Å². The monoisotopic (exact) mass is 347 g/mol. The number of halogens is 1. The summed E-state index contributed by atoms with van der Waals surface area (Å²) >= 11 is 0. The molecule has 0 radical (unpaired) electrons. The van der Waals surface area contributed by atoms with Crippen LogP contribution in [0.5, 0.6) is 0 Å². The molecule has 2 saturated heterocycles. The van der Waals surface area contributed by atoms with Gasteiger partial charge in [-0.1, -0.05) is 0 Å². The van der Waals surface area contributed by atoms with E-state index < -0.39 is 0 Å². The van der Waals surface area contributed by atoms with E-state index in [1.807, 2.05) is 4.90 Å². The molecule has 4 rings (SSSR count). The number of rotatable bonds is 2. The zero-order chi connectivity index (χ0) is 17.4. The molecule has 1 atom stereocenters. The Morgan fingerprint density at radius 1 is 1.20 bits per heavy atom. The van der Waals surface area contributed by atoms with Crippen molar-refractivity contribution in [2.75, 3.05) is 24.5 Å². The van der Waals surface area contributed by atoms with Gasteiger partial charge in [-0.15, -0.1) is 0 Å². The predicted octanol–water partition coefficient (Wildman–Crippen LogP) is 2.34. The van der Waals surface area contributed by atoms with Gasteiger partial charge in [0.15, 0.2) is 5.82 Å². The Labute approximate surface area is 147 Å². The van der Waals surface area contributed by atoms with Crippen molar-refractivity contribution in [3.05, 3.63) is 24.3 Å². The highest BCUT2D eigenvalue weighted by Crippen LogP contribution is 2.43. The highest BCUT2D eigenvalue weighted by atomic mass is 19.1. The Hall–Kier alpha value is -1.69. The smallest absolute Gasteiger partial charge is 0.230 e. The summed E-state index contributed by atoms with van der Waals surface area (Å²) in [6.45, 7) is 2.18. The molecule has 1 spiro atoms. The normalized spacial score (nSPS) is 33.3. The van der Waals surface area contributed by atoms with Gasteiger partial charge in [0.05, 0.1) is 23.4 Å². The SMILES string of the molecule is O=C1N([C@H]2CC[C@H](O)CC2)CCC12CCCN(c1ccncc1F)C2. The first-order valence-corrected chi connectivity index (χ1v) is 9.43. The number of aromatic nitrogens is 1. The molecule has 3 fully saturated rings. The molecule has 3 heterocycles. The molecule has 25 heavy (non-hydrogen) atoms. The van der Waals surface area contributed by atoms with Gasteiger partial charge in [0.2, 0.25) is 5.91 Å². The highest BCUT2D eigenvalue weighted by molar-refractivity contribution is 5.86. The molecule has 2 aliphatic heterocycles. The summed E-state index contributed by atoms with van der Waals surface area (Å²) in [7, 11) is 0. The average molecular weight is 347 g/mol. The molecule has 1 N–H and O–H groups in total. The van der Waals surface area contributed by atoms with Gasteiger partial charge in [0, 0.05) is 31.9 Å². The van der Waals surface area contributed by atoms with E-state index in [1.165, 1.54) is 6.20 Å². The summed E-state index contributed by atoms with van der Waals surface area (Å²) in [6.07, 6.45) is 8.66. The Balaban J connectivity index is 1.50. The van der Waals surface area contributed by atoms with Crippen LogP contribution in [0.3, 0.4) is 0 Å². The lowest BCUT2D eigenvalue weighted by Gasteiger charge is -2.41. The third-order valence-corrected chi connectivity index (χ3v) is 6.32. The molecule has 136 valence electrons. The Bertz CT molecular complexity index is 647. The fourth-order valence-corrected chi connectivity index (χ4v) is 4.91. The van der Waals surface area contributed by atoms with Crippen LogP contribution in [0.2, 0.25) is 0 Å². The van der Waals surface area contributed by atoms with Gasteiger partial charge >= 0.3 is 0 Å². The number of likely N-dealkylation sites (tertiary alicyclic amines) is 1. The Morgan fingerprint density at radius 3 is 2.76 bits per heavy atom. The van der Waals surface area contributed by atoms with Gasteiger partial charge in [0.1, 0.15) is 0 Å². The van der Waals surface area contributed by atoms with Crippen molar-refractivity contribution in [2.24, 2.45) is 5.41 Å². The minimum absolute atomic E-state index is 0.206. The zero-order valence-corrected chi connectivity index (χ0v) is 14.5. The third kappa shape index (κ3) is 3.01. The van der Waals surface area contributed by atoms with Gasteiger partial charge in [-0.2, -0.15) is 0 Å². The van der Waals surface area contributed by atoms with Crippen LogP contribution < -0.4 is 4.90 Å². The van der Waals surface area contributed by atoms with Crippen molar-refractivity contribution in [2.45, 2.75) is 57.1 Å². The number of nitrogens with zero attached hydrogens (tertiary/aromatic N) is 3. The summed E-state index contributed by atoms with van der Waals surface area (Å²) in [5.41, 5.74) is 0.186. The van der Waals surface area contributed by atoms with Crippen molar-refractivity contribution in [1.29, 1.82) is 0 Å². The number of piperidine rings is 1. The van der Waals surface area contributed by atoms with E-state index >= 15 is 0 Å². The van der Waals surface area contributed by atoms with E-state index in [4.69, 9.17) is 0 Å². The van der Waals surface area contributed by atoms with Crippen molar-refractivity contribution in [3.63, 3.8) is 0 Å². The molecule has 1 amide bonds. The molecule has 0 bridgehead atoms. The van der Waals surface area contributed by atoms with E-state index in [2.05, 4.69) is 9.88 Å². The number of amides is 1. The number of anilines is 1. The molecule has 0 aromatic carbocycles. The maximum Gasteiger partial charge on any atom is 0.230 e. The molecule has 1 aromatic heterocycles. The molecule has 5 nitrogen and oxygen atoms in total. The number of hydrogen-bond acceptors (Lipinski definition) is 4. The Kier molecular flexibility index (Phi) is 4.40. The molecular weight excluding hydrogens is 321 g/mol. The zero-order valence-electron chi connectivity index (χ0n) is 14.5. The second-order valence-corrected chi connectivity index (χ2v) is 7.84. The molecule has 1 unspecified atom stereocenters. The minimum atomic E-state index is -0.371. The van der Waals surface area contributed by atoms with Crippen LogP contribution in [-0.2, 0) is 4.79 Å². The largest absolute Gasteiger partial charge is 0.393 e. The van der Waals surface area contributed by atoms with E-state index in [0.29, 0.717) is 12.2 Å².